The Bertz CT molecular complexity index is 120. The molecule has 0 bridgehead atoms. The average Bonchev–Trinajstić information content (AvgIpc) is 1.88. The minimum absolute atomic E-state index is 0.428. The van der Waals surface area contributed by atoms with Gasteiger partial charge in [0, 0.05) is 25.4 Å². The summed E-state index contributed by atoms with van der Waals surface area (Å²) in [4.78, 5) is 10.9. The summed E-state index contributed by atoms with van der Waals surface area (Å²) in [7, 11) is 0. The van der Waals surface area contributed by atoms with Gasteiger partial charge in [-0.25, -0.2) is 0 Å². The zero-order chi connectivity index (χ0) is 7.40. The third-order valence-corrected chi connectivity index (χ3v) is 1.95. The molecule has 0 amide bonds. The van der Waals surface area contributed by atoms with E-state index >= 15 is 0 Å². The highest BCUT2D eigenvalue weighted by molar-refractivity contribution is 5.79. The molecule has 1 atom stereocenters. The van der Waals surface area contributed by atoms with Crippen molar-refractivity contribution in [2.45, 2.75) is 38.6 Å². The van der Waals surface area contributed by atoms with Crippen LogP contribution in [0.15, 0.2) is 0 Å². The monoisotopic (exact) mass is 141 g/mol. The van der Waals surface area contributed by atoms with Crippen LogP contribution in [0, 0.1) is 0 Å². The van der Waals surface area contributed by atoms with Gasteiger partial charge >= 0.3 is 0 Å². The van der Waals surface area contributed by atoms with E-state index in [1.807, 2.05) is 0 Å². The largest absolute Gasteiger partial charge is 0.313 e. The number of hydrogen-bond donors (Lipinski definition) is 1. The standard InChI is InChI=1S/C8H15NO/c1-2-3-7-6-8(10)4-5-9-7/h7,9H,2-6H2,1H3/t7-/m0/s1. The van der Waals surface area contributed by atoms with Crippen LogP contribution in [0.5, 0.6) is 0 Å². The Morgan fingerprint density at radius 1 is 1.70 bits per heavy atom. The number of Topliss-reactive ketones (excluding diaryl/α,β-unsaturated/α-hetero) is 1. The van der Waals surface area contributed by atoms with Crippen LogP contribution in [0.1, 0.15) is 32.6 Å². The van der Waals surface area contributed by atoms with E-state index < -0.39 is 0 Å². The zero-order valence-corrected chi connectivity index (χ0v) is 6.52. The Hall–Kier alpha value is -0.370. The summed E-state index contributed by atoms with van der Waals surface area (Å²) >= 11 is 0. The van der Waals surface area contributed by atoms with E-state index in [1.165, 1.54) is 6.42 Å². The van der Waals surface area contributed by atoms with Gasteiger partial charge in [0.15, 0.2) is 0 Å². The van der Waals surface area contributed by atoms with E-state index in [0.717, 1.165) is 25.8 Å². The van der Waals surface area contributed by atoms with E-state index in [1.54, 1.807) is 0 Å². The number of piperidine rings is 1. The molecule has 58 valence electrons. The molecule has 1 fully saturated rings. The normalized spacial score (nSPS) is 26.9. The Morgan fingerprint density at radius 2 is 2.50 bits per heavy atom. The number of nitrogens with one attached hydrogen (secondary N) is 1. The highest BCUT2D eigenvalue weighted by Gasteiger charge is 2.16. The molecule has 0 radical (unpaired) electrons. The summed E-state index contributed by atoms with van der Waals surface area (Å²) < 4.78 is 0. The first kappa shape index (κ1) is 7.73. The minimum atomic E-state index is 0.428. The molecular weight excluding hydrogens is 126 g/mol. The molecule has 10 heavy (non-hydrogen) atoms. The van der Waals surface area contributed by atoms with Crippen molar-refractivity contribution in [1.82, 2.24) is 5.32 Å². The van der Waals surface area contributed by atoms with E-state index in [4.69, 9.17) is 0 Å². The third kappa shape index (κ3) is 2.10. The Morgan fingerprint density at radius 3 is 3.10 bits per heavy atom. The van der Waals surface area contributed by atoms with Crippen LogP contribution in [0.3, 0.4) is 0 Å². The first-order valence-electron chi connectivity index (χ1n) is 4.08. The maximum atomic E-state index is 10.9. The molecule has 1 aliphatic rings. The van der Waals surface area contributed by atoms with Gasteiger partial charge < -0.3 is 5.32 Å². The zero-order valence-electron chi connectivity index (χ0n) is 6.52. The number of hydrogen-bond acceptors (Lipinski definition) is 2. The van der Waals surface area contributed by atoms with Crippen molar-refractivity contribution >= 4 is 5.78 Å². The quantitative estimate of drug-likeness (QED) is 0.624. The summed E-state index contributed by atoms with van der Waals surface area (Å²) in [6.07, 6.45) is 3.81. The lowest BCUT2D eigenvalue weighted by Crippen LogP contribution is -2.37. The van der Waals surface area contributed by atoms with Crippen molar-refractivity contribution in [3.05, 3.63) is 0 Å². The van der Waals surface area contributed by atoms with Crippen molar-refractivity contribution in [2.24, 2.45) is 0 Å². The van der Waals surface area contributed by atoms with Crippen molar-refractivity contribution in [3.63, 3.8) is 0 Å². The molecule has 0 aromatic heterocycles. The van der Waals surface area contributed by atoms with E-state index in [0.29, 0.717) is 11.8 Å². The molecule has 2 heteroatoms. The van der Waals surface area contributed by atoms with Gasteiger partial charge in [-0.3, -0.25) is 4.79 Å². The number of rotatable bonds is 2. The smallest absolute Gasteiger partial charge is 0.135 e. The molecular formula is C8H15NO. The molecule has 0 spiro atoms. The van der Waals surface area contributed by atoms with Crippen LogP contribution in [-0.4, -0.2) is 18.4 Å². The van der Waals surface area contributed by atoms with Crippen LogP contribution in [0.4, 0.5) is 0 Å². The van der Waals surface area contributed by atoms with Crippen molar-refractivity contribution in [2.75, 3.05) is 6.54 Å². The molecule has 1 saturated heterocycles. The lowest BCUT2D eigenvalue weighted by Gasteiger charge is -2.21. The number of carbonyl (C=O) groups excluding carboxylic acids is 1. The van der Waals surface area contributed by atoms with Gasteiger partial charge in [-0.05, 0) is 6.42 Å². The van der Waals surface area contributed by atoms with Gasteiger partial charge in [-0.2, -0.15) is 0 Å². The highest BCUT2D eigenvalue weighted by Crippen LogP contribution is 2.08. The van der Waals surface area contributed by atoms with Crippen LogP contribution >= 0.6 is 0 Å². The molecule has 1 heterocycles. The van der Waals surface area contributed by atoms with Crippen LogP contribution < -0.4 is 5.32 Å². The fraction of sp³-hybridized carbons (Fsp3) is 0.875. The topological polar surface area (TPSA) is 29.1 Å². The summed E-state index contributed by atoms with van der Waals surface area (Å²) in [6.45, 7) is 3.05. The lowest BCUT2D eigenvalue weighted by atomic mass is 10.00. The second kappa shape index (κ2) is 3.71. The van der Waals surface area contributed by atoms with Crippen LogP contribution in [0.25, 0.3) is 0 Å². The molecule has 2 nitrogen and oxygen atoms in total. The molecule has 0 aliphatic carbocycles. The van der Waals surface area contributed by atoms with Gasteiger partial charge in [-0.15, -0.1) is 0 Å². The molecule has 0 saturated carbocycles. The van der Waals surface area contributed by atoms with Gasteiger partial charge in [-0.1, -0.05) is 13.3 Å². The summed E-state index contributed by atoms with van der Waals surface area (Å²) in [5.74, 6) is 0.428. The predicted molar refractivity (Wildman–Crippen MR) is 40.9 cm³/mol. The van der Waals surface area contributed by atoms with Gasteiger partial charge in [0.25, 0.3) is 0 Å². The fourth-order valence-corrected chi connectivity index (χ4v) is 1.42. The van der Waals surface area contributed by atoms with Gasteiger partial charge in [0.05, 0.1) is 0 Å². The second-order valence-corrected chi connectivity index (χ2v) is 2.93. The third-order valence-electron chi connectivity index (χ3n) is 1.95. The second-order valence-electron chi connectivity index (χ2n) is 2.93. The first-order valence-corrected chi connectivity index (χ1v) is 4.08. The van der Waals surface area contributed by atoms with Crippen molar-refractivity contribution in [3.8, 4) is 0 Å². The first-order chi connectivity index (χ1) is 4.83. The molecule has 0 aromatic rings. The maximum Gasteiger partial charge on any atom is 0.135 e. The molecule has 1 N–H and O–H groups in total. The number of ketones is 1. The highest BCUT2D eigenvalue weighted by atomic mass is 16.1. The van der Waals surface area contributed by atoms with Gasteiger partial charge in [0.2, 0.25) is 0 Å². The van der Waals surface area contributed by atoms with Crippen molar-refractivity contribution in [1.29, 1.82) is 0 Å². The molecule has 1 rings (SSSR count). The fourth-order valence-electron chi connectivity index (χ4n) is 1.42. The Labute approximate surface area is 62.0 Å². The molecule has 0 aromatic carbocycles. The van der Waals surface area contributed by atoms with E-state index in [-0.39, 0.29) is 0 Å². The minimum Gasteiger partial charge on any atom is -0.313 e. The van der Waals surface area contributed by atoms with Crippen LogP contribution in [0.2, 0.25) is 0 Å². The molecule has 1 aliphatic heterocycles. The summed E-state index contributed by atoms with van der Waals surface area (Å²) in [5.41, 5.74) is 0. The maximum absolute atomic E-state index is 10.9. The number of carbonyl (C=O) groups is 1. The SMILES string of the molecule is CCC[C@H]1CC(=O)CCN1. The Balaban J connectivity index is 2.25. The van der Waals surface area contributed by atoms with E-state index in [9.17, 15) is 4.79 Å². The summed E-state index contributed by atoms with van der Waals surface area (Å²) in [5, 5.41) is 3.33. The van der Waals surface area contributed by atoms with E-state index in [2.05, 4.69) is 12.2 Å². The van der Waals surface area contributed by atoms with Crippen molar-refractivity contribution < 1.29 is 4.79 Å². The predicted octanol–water partition coefficient (Wildman–Crippen LogP) is 1.11. The average molecular weight is 141 g/mol. The Kier molecular flexibility index (Phi) is 2.87. The lowest BCUT2D eigenvalue weighted by molar-refractivity contribution is -0.120. The van der Waals surface area contributed by atoms with Crippen LogP contribution in [-0.2, 0) is 4.79 Å². The summed E-state index contributed by atoms with van der Waals surface area (Å²) in [6, 6.07) is 0.478. The molecule has 0 unspecified atom stereocenters. The van der Waals surface area contributed by atoms with Gasteiger partial charge in [0.1, 0.15) is 5.78 Å².